The molecule has 0 saturated carbocycles. The Hall–Kier alpha value is -2.36. The smallest absolute Gasteiger partial charge is 0.338 e. The summed E-state index contributed by atoms with van der Waals surface area (Å²) >= 11 is 0. The van der Waals surface area contributed by atoms with Crippen molar-refractivity contribution in [2.24, 2.45) is 0 Å². The summed E-state index contributed by atoms with van der Waals surface area (Å²) in [5.41, 5.74) is 3.71. The zero-order valence-corrected chi connectivity index (χ0v) is 11.4. The maximum Gasteiger partial charge on any atom is 0.338 e. The van der Waals surface area contributed by atoms with Gasteiger partial charge in [-0.1, -0.05) is 29.3 Å². The number of rotatable bonds is 4. The van der Waals surface area contributed by atoms with Crippen molar-refractivity contribution in [1.82, 2.24) is 0 Å². The van der Waals surface area contributed by atoms with Gasteiger partial charge in [-0.25, -0.2) is 9.18 Å². The second kappa shape index (κ2) is 5.74. The highest BCUT2D eigenvalue weighted by Crippen LogP contribution is 2.16. The molecule has 0 bridgehead atoms. The summed E-state index contributed by atoms with van der Waals surface area (Å²) in [6.45, 7) is 4.61. The highest BCUT2D eigenvalue weighted by atomic mass is 19.1. The molecule has 3 nitrogen and oxygen atoms in total. The number of hydrogen-bond donors (Lipinski definition) is 2. The summed E-state index contributed by atoms with van der Waals surface area (Å²) in [4.78, 5) is 10.9. The minimum Gasteiger partial charge on any atom is -0.478 e. The Bertz CT molecular complexity index is 633. The molecule has 0 radical (unpaired) electrons. The van der Waals surface area contributed by atoms with Crippen LogP contribution in [-0.4, -0.2) is 11.1 Å². The third-order valence-corrected chi connectivity index (χ3v) is 2.97. The third kappa shape index (κ3) is 3.35. The van der Waals surface area contributed by atoms with Crippen LogP contribution in [0.15, 0.2) is 36.4 Å². The van der Waals surface area contributed by atoms with Crippen LogP contribution in [0.1, 0.15) is 27.0 Å². The fourth-order valence-corrected chi connectivity index (χ4v) is 2.17. The van der Waals surface area contributed by atoms with Gasteiger partial charge in [0.2, 0.25) is 0 Å². The summed E-state index contributed by atoms with van der Waals surface area (Å²) < 4.78 is 13.3. The van der Waals surface area contributed by atoms with Crippen LogP contribution in [0.3, 0.4) is 0 Å². The van der Waals surface area contributed by atoms with E-state index in [1.54, 1.807) is 0 Å². The van der Waals surface area contributed by atoms with Gasteiger partial charge in [-0.3, -0.25) is 0 Å². The molecule has 0 spiro atoms. The highest BCUT2D eigenvalue weighted by Gasteiger charge is 2.10. The maximum absolute atomic E-state index is 13.3. The van der Waals surface area contributed by atoms with E-state index in [9.17, 15) is 9.18 Å². The van der Waals surface area contributed by atoms with Crippen LogP contribution in [0.5, 0.6) is 0 Å². The first kappa shape index (κ1) is 14.1. The van der Waals surface area contributed by atoms with E-state index in [1.807, 2.05) is 13.8 Å². The number of anilines is 1. The minimum atomic E-state index is -1.27. The number of carboxylic acids is 1. The maximum atomic E-state index is 13.3. The lowest BCUT2D eigenvalue weighted by Crippen LogP contribution is -2.04. The summed E-state index contributed by atoms with van der Waals surface area (Å²) in [5.74, 6) is -1.99. The van der Waals surface area contributed by atoms with Gasteiger partial charge in [-0.05, 0) is 37.6 Å². The van der Waals surface area contributed by atoms with Gasteiger partial charge in [0, 0.05) is 12.2 Å². The first-order valence-corrected chi connectivity index (χ1v) is 6.29. The number of aromatic carboxylic acids is 1. The van der Waals surface area contributed by atoms with Crippen LogP contribution in [0.4, 0.5) is 10.1 Å². The average Bonchev–Trinajstić information content (AvgIpc) is 2.36. The van der Waals surface area contributed by atoms with E-state index in [1.165, 1.54) is 23.3 Å². The quantitative estimate of drug-likeness (QED) is 0.891. The molecule has 0 atom stereocenters. The van der Waals surface area contributed by atoms with E-state index in [0.29, 0.717) is 12.2 Å². The molecule has 0 unspecified atom stereocenters. The Labute approximate surface area is 117 Å². The molecule has 0 heterocycles. The van der Waals surface area contributed by atoms with Crippen molar-refractivity contribution >= 4 is 11.7 Å². The number of nitrogens with one attached hydrogen (secondary N) is 1. The number of benzene rings is 2. The largest absolute Gasteiger partial charge is 0.478 e. The lowest BCUT2D eigenvalue weighted by molar-refractivity contribution is 0.0692. The predicted molar refractivity (Wildman–Crippen MR) is 76.6 cm³/mol. The lowest BCUT2D eigenvalue weighted by Gasteiger charge is -2.09. The summed E-state index contributed by atoms with van der Waals surface area (Å²) in [5, 5.41) is 12.0. The minimum absolute atomic E-state index is 0.324. The SMILES string of the molecule is Cc1cc(C)cc(CNc2ccc(F)c(C(=O)O)c2)c1. The monoisotopic (exact) mass is 273 g/mol. The molecule has 0 aliphatic rings. The molecule has 0 aliphatic heterocycles. The van der Waals surface area contributed by atoms with Crippen molar-refractivity contribution in [3.63, 3.8) is 0 Å². The first-order valence-electron chi connectivity index (χ1n) is 6.29. The van der Waals surface area contributed by atoms with Crippen LogP contribution < -0.4 is 5.32 Å². The Kier molecular flexibility index (Phi) is 4.03. The van der Waals surface area contributed by atoms with Crippen molar-refractivity contribution in [1.29, 1.82) is 0 Å². The number of hydrogen-bond acceptors (Lipinski definition) is 2. The van der Waals surface area contributed by atoms with E-state index in [2.05, 4.69) is 23.5 Å². The van der Waals surface area contributed by atoms with Gasteiger partial charge in [0.25, 0.3) is 0 Å². The zero-order valence-electron chi connectivity index (χ0n) is 11.4. The molecule has 0 saturated heterocycles. The normalized spacial score (nSPS) is 10.3. The van der Waals surface area contributed by atoms with E-state index in [4.69, 9.17) is 5.11 Å². The van der Waals surface area contributed by atoms with Gasteiger partial charge in [-0.2, -0.15) is 0 Å². The second-order valence-electron chi connectivity index (χ2n) is 4.85. The number of carbonyl (C=O) groups is 1. The number of carboxylic acid groups (broad SMARTS) is 1. The summed E-state index contributed by atoms with van der Waals surface area (Å²) in [7, 11) is 0. The van der Waals surface area contributed by atoms with Crippen LogP contribution in [0, 0.1) is 19.7 Å². The number of halogens is 1. The van der Waals surface area contributed by atoms with Crippen molar-refractivity contribution < 1.29 is 14.3 Å². The molecule has 0 aromatic heterocycles. The van der Waals surface area contributed by atoms with Gasteiger partial charge >= 0.3 is 5.97 Å². The van der Waals surface area contributed by atoms with Crippen molar-refractivity contribution in [3.05, 3.63) is 64.5 Å². The van der Waals surface area contributed by atoms with Crippen LogP contribution in [-0.2, 0) is 6.54 Å². The van der Waals surface area contributed by atoms with Crippen LogP contribution in [0.25, 0.3) is 0 Å². The second-order valence-corrected chi connectivity index (χ2v) is 4.85. The molecule has 0 aliphatic carbocycles. The van der Waals surface area contributed by atoms with E-state index >= 15 is 0 Å². The molecule has 0 fully saturated rings. The fraction of sp³-hybridized carbons (Fsp3) is 0.188. The Morgan fingerprint density at radius 2 is 1.80 bits per heavy atom. The molecule has 0 amide bonds. The first-order chi connectivity index (χ1) is 9.45. The predicted octanol–water partition coefficient (Wildman–Crippen LogP) is 3.75. The molecular formula is C16H16FNO2. The Morgan fingerprint density at radius 3 is 2.40 bits per heavy atom. The van der Waals surface area contributed by atoms with Gasteiger partial charge in [0.05, 0.1) is 5.56 Å². The molecule has 104 valence electrons. The Balaban J connectivity index is 2.14. The van der Waals surface area contributed by atoms with Crippen molar-refractivity contribution in [2.75, 3.05) is 5.32 Å². The van der Waals surface area contributed by atoms with Crippen molar-refractivity contribution in [2.45, 2.75) is 20.4 Å². The van der Waals surface area contributed by atoms with Gasteiger partial charge in [0.15, 0.2) is 0 Å². The number of aryl methyl sites for hydroxylation is 2. The van der Waals surface area contributed by atoms with E-state index in [-0.39, 0.29) is 5.56 Å². The fourth-order valence-electron chi connectivity index (χ4n) is 2.17. The molecule has 2 aromatic rings. The molecule has 2 aromatic carbocycles. The highest BCUT2D eigenvalue weighted by molar-refractivity contribution is 5.89. The zero-order chi connectivity index (χ0) is 14.7. The molecule has 20 heavy (non-hydrogen) atoms. The molecule has 2 N–H and O–H groups in total. The van der Waals surface area contributed by atoms with Crippen LogP contribution in [0.2, 0.25) is 0 Å². The third-order valence-electron chi connectivity index (χ3n) is 2.97. The average molecular weight is 273 g/mol. The lowest BCUT2D eigenvalue weighted by atomic mass is 10.1. The Morgan fingerprint density at radius 1 is 1.15 bits per heavy atom. The molecule has 4 heteroatoms. The van der Waals surface area contributed by atoms with Crippen LogP contribution >= 0.6 is 0 Å². The topological polar surface area (TPSA) is 49.3 Å². The van der Waals surface area contributed by atoms with Crippen molar-refractivity contribution in [3.8, 4) is 0 Å². The molecular weight excluding hydrogens is 257 g/mol. The van der Waals surface area contributed by atoms with E-state index in [0.717, 1.165) is 11.6 Å². The van der Waals surface area contributed by atoms with E-state index < -0.39 is 11.8 Å². The van der Waals surface area contributed by atoms with Gasteiger partial charge < -0.3 is 10.4 Å². The summed E-state index contributed by atoms with van der Waals surface area (Å²) in [6, 6.07) is 10.2. The van der Waals surface area contributed by atoms with Gasteiger partial charge in [0.1, 0.15) is 5.82 Å². The van der Waals surface area contributed by atoms with Gasteiger partial charge in [-0.15, -0.1) is 0 Å². The molecule has 2 rings (SSSR count). The standard InChI is InChI=1S/C16H16FNO2/c1-10-5-11(2)7-12(6-10)9-18-13-3-4-15(17)14(8-13)16(19)20/h3-8,18H,9H2,1-2H3,(H,19,20). The summed E-state index contributed by atoms with van der Waals surface area (Å²) in [6.07, 6.45) is 0.